The van der Waals surface area contributed by atoms with E-state index in [2.05, 4.69) is 30.2 Å². The van der Waals surface area contributed by atoms with Crippen molar-refractivity contribution in [3.8, 4) is 0 Å². The van der Waals surface area contributed by atoms with E-state index in [1.54, 1.807) is 0 Å². The van der Waals surface area contributed by atoms with Gasteiger partial charge < -0.3 is 5.32 Å². The van der Waals surface area contributed by atoms with Crippen molar-refractivity contribution in [2.24, 2.45) is 10.9 Å². The van der Waals surface area contributed by atoms with Crippen LogP contribution in [-0.2, 0) is 4.84 Å². The first-order valence-electron chi connectivity index (χ1n) is 6.96. The van der Waals surface area contributed by atoms with Crippen LogP contribution in [-0.4, -0.2) is 37.1 Å². The molecule has 1 saturated heterocycles. The average Bonchev–Trinajstić information content (AvgIpc) is 2.41. The van der Waals surface area contributed by atoms with Crippen molar-refractivity contribution in [1.29, 1.82) is 0 Å². The quantitative estimate of drug-likeness (QED) is 0.607. The topological polar surface area (TPSA) is 36.9 Å². The summed E-state index contributed by atoms with van der Waals surface area (Å²) in [6.07, 6.45) is 4.23. The van der Waals surface area contributed by atoms with Gasteiger partial charge in [0, 0.05) is 12.2 Å². The highest BCUT2D eigenvalue weighted by Crippen LogP contribution is 2.06. The molecule has 0 amide bonds. The summed E-state index contributed by atoms with van der Waals surface area (Å²) in [5, 5.41) is 5.38. The molecule has 1 rings (SSSR count). The second-order valence-corrected chi connectivity index (χ2v) is 4.97. The number of amidine groups is 1. The highest BCUT2D eigenvalue weighted by Gasteiger charge is 2.12. The molecular weight excluding hydrogens is 226 g/mol. The molecule has 1 N–H and O–H groups in total. The van der Waals surface area contributed by atoms with E-state index in [1.807, 2.05) is 18.9 Å². The van der Waals surface area contributed by atoms with Crippen LogP contribution in [0.15, 0.2) is 16.8 Å². The molecule has 104 valence electrons. The molecule has 0 aromatic heterocycles. The van der Waals surface area contributed by atoms with Crippen LogP contribution in [0.1, 0.15) is 40.5 Å². The number of hydrogen-bond donors (Lipinski definition) is 1. The molecule has 4 nitrogen and oxygen atoms in total. The lowest BCUT2D eigenvalue weighted by Crippen LogP contribution is -2.31. The SMILES string of the molecule is CC/C=C(C)\N=C(/C)N1CCCNC[C@H](C)CO1. The van der Waals surface area contributed by atoms with E-state index in [0.29, 0.717) is 5.92 Å². The smallest absolute Gasteiger partial charge is 0.126 e. The predicted octanol–water partition coefficient (Wildman–Crippen LogP) is 2.58. The van der Waals surface area contributed by atoms with Gasteiger partial charge >= 0.3 is 0 Å². The lowest BCUT2D eigenvalue weighted by Gasteiger charge is -2.23. The molecule has 1 heterocycles. The zero-order valence-corrected chi connectivity index (χ0v) is 12.2. The van der Waals surface area contributed by atoms with Gasteiger partial charge in [-0.05, 0) is 45.7 Å². The van der Waals surface area contributed by atoms with Gasteiger partial charge in [-0.2, -0.15) is 0 Å². The predicted molar refractivity (Wildman–Crippen MR) is 76.5 cm³/mol. The zero-order valence-electron chi connectivity index (χ0n) is 12.2. The third kappa shape index (κ3) is 5.65. The molecule has 0 saturated carbocycles. The van der Waals surface area contributed by atoms with Crippen LogP contribution in [0.5, 0.6) is 0 Å². The Morgan fingerprint density at radius 2 is 2.28 bits per heavy atom. The minimum Gasteiger partial charge on any atom is -0.316 e. The number of hydrogen-bond acceptors (Lipinski definition) is 3. The average molecular weight is 253 g/mol. The van der Waals surface area contributed by atoms with Crippen LogP contribution in [0.3, 0.4) is 0 Å². The van der Waals surface area contributed by atoms with E-state index in [1.165, 1.54) is 0 Å². The molecule has 0 radical (unpaired) electrons. The molecule has 4 heteroatoms. The van der Waals surface area contributed by atoms with Crippen LogP contribution in [0.4, 0.5) is 0 Å². The minimum atomic E-state index is 0.533. The molecule has 0 spiro atoms. The molecule has 18 heavy (non-hydrogen) atoms. The van der Waals surface area contributed by atoms with Crippen LogP contribution in [0, 0.1) is 5.92 Å². The van der Waals surface area contributed by atoms with Crippen LogP contribution >= 0.6 is 0 Å². The van der Waals surface area contributed by atoms with E-state index < -0.39 is 0 Å². The number of allylic oxidation sites excluding steroid dienone is 2. The van der Waals surface area contributed by atoms with E-state index in [4.69, 9.17) is 4.84 Å². The van der Waals surface area contributed by atoms with Gasteiger partial charge in [-0.1, -0.05) is 19.9 Å². The summed E-state index contributed by atoms with van der Waals surface area (Å²) in [4.78, 5) is 10.4. The first-order chi connectivity index (χ1) is 8.63. The number of nitrogens with one attached hydrogen (secondary N) is 1. The van der Waals surface area contributed by atoms with Crippen molar-refractivity contribution >= 4 is 5.84 Å². The molecule has 0 aliphatic carbocycles. The van der Waals surface area contributed by atoms with Crippen molar-refractivity contribution in [1.82, 2.24) is 10.4 Å². The number of nitrogens with zero attached hydrogens (tertiary/aromatic N) is 2. The maximum atomic E-state index is 5.85. The van der Waals surface area contributed by atoms with Gasteiger partial charge in [-0.15, -0.1) is 0 Å². The monoisotopic (exact) mass is 253 g/mol. The zero-order chi connectivity index (χ0) is 13.4. The number of hydroxylamine groups is 2. The second kappa shape index (κ2) is 8.27. The Bertz CT molecular complexity index is 299. The Hall–Kier alpha value is -0.870. The summed E-state index contributed by atoms with van der Waals surface area (Å²) in [5.41, 5.74) is 1.06. The van der Waals surface area contributed by atoms with Crippen LogP contribution in [0.2, 0.25) is 0 Å². The van der Waals surface area contributed by atoms with Gasteiger partial charge in [0.2, 0.25) is 0 Å². The van der Waals surface area contributed by atoms with Gasteiger partial charge in [-0.25, -0.2) is 10.1 Å². The normalized spacial score (nSPS) is 24.4. The summed E-state index contributed by atoms with van der Waals surface area (Å²) >= 11 is 0. The molecule has 0 aromatic carbocycles. The van der Waals surface area contributed by atoms with Gasteiger partial charge in [-0.3, -0.25) is 4.84 Å². The van der Waals surface area contributed by atoms with E-state index in [-0.39, 0.29) is 0 Å². The Morgan fingerprint density at radius 3 is 3.00 bits per heavy atom. The van der Waals surface area contributed by atoms with Crippen molar-refractivity contribution in [2.75, 3.05) is 26.2 Å². The minimum absolute atomic E-state index is 0.533. The highest BCUT2D eigenvalue weighted by atomic mass is 16.7. The summed E-state index contributed by atoms with van der Waals surface area (Å²) in [7, 11) is 0. The van der Waals surface area contributed by atoms with Gasteiger partial charge in [0.15, 0.2) is 0 Å². The van der Waals surface area contributed by atoms with Crippen LogP contribution in [0.25, 0.3) is 0 Å². The van der Waals surface area contributed by atoms with Gasteiger partial charge in [0.25, 0.3) is 0 Å². The fraction of sp³-hybridized carbons (Fsp3) is 0.786. The van der Waals surface area contributed by atoms with E-state index in [0.717, 1.165) is 50.6 Å². The van der Waals surface area contributed by atoms with E-state index >= 15 is 0 Å². The number of aliphatic imine (C=N–C) groups is 1. The molecule has 1 aliphatic heterocycles. The number of rotatable bonds is 2. The Balaban J connectivity index is 2.63. The molecule has 1 fully saturated rings. The molecule has 0 unspecified atom stereocenters. The van der Waals surface area contributed by atoms with Gasteiger partial charge in [0.05, 0.1) is 6.61 Å². The van der Waals surface area contributed by atoms with Crippen LogP contribution < -0.4 is 5.32 Å². The second-order valence-electron chi connectivity index (χ2n) is 4.97. The third-order valence-electron chi connectivity index (χ3n) is 2.92. The first-order valence-corrected chi connectivity index (χ1v) is 6.96. The third-order valence-corrected chi connectivity index (χ3v) is 2.92. The first kappa shape index (κ1) is 15.2. The highest BCUT2D eigenvalue weighted by molar-refractivity contribution is 5.79. The Morgan fingerprint density at radius 1 is 1.50 bits per heavy atom. The molecule has 0 aromatic rings. The lowest BCUT2D eigenvalue weighted by molar-refractivity contribution is -0.109. The van der Waals surface area contributed by atoms with Crippen molar-refractivity contribution < 1.29 is 4.84 Å². The maximum absolute atomic E-state index is 5.85. The lowest BCUT2D eigenvalue weighted by atomic mass is 10.2. The molecule has 1 aliphatic rings. The van der Waals surface area contributed by atoms with Crippen molar-refractivity contribution in [2.45, 2.75) is 40.5 Å². The van der Waals surface area contributed by atoms with Crippen molar-refractivity contribution in [3.63, 3.8) is 0 Å². The fourth-order valence-electron chi connectivity index (χ4n) is 1.94. The Labute approximate surface area is 111 Å². The molecule has 0 bridgehead atoms. The van der Waals surface area contributed by atoms with Crippen molar-refractivity contribution in [3.05, 3.63) is 11.8 Å². The largest absolute Gasteiger partial charge is 0.316 e. The maximum Gasteiger partial charge on any atom is 0.126 e. The molecule has 1 atom stereocenters. The standard InChI is InChI=1S/C14H27N3O/c1-5-7-13(3)16-14(4)17-9-6-8-15-10-12(2)11-18-17/h7,12,15H,5-6,8-11H2,1-4H3/b13-7-,16-14+/t12-/m0/s1. The summed E-state index contributed by atoms with van der Waals surface area (Å²) in [6.45, 7) is 12.1. The van der Waals surface area contributed by atoms with E-state index in [9.17, 15) is 0 Å². The summed E-state index contributed by atoms with van der Waals surface area (Å²) in [6, 6.07) is 0. The summed E-state index contributed by atoms with van der Waals surface area (Å²) in [5.74, 6) is 1.48. The van der Waals surface area contributed by atoms with Gasteiger partial charge in [0.1, 0.15) is 5.84 Å². The Kier molecular flexibility index (Phi) is 6.98. The fourth-order valence-corrected chi connectivity index (χ4v) is 1.94. The summed E-state index contributed by atoms with van der Waals surface area (Å²) < 4.78 is 0. The molecular formula is C14H27N3O.